The van der Waals surface area contributed by atoms with Crippen molar-refractivity contribution < 1.29 is 4.79 Å². The largest absolute Gasteiger partial charge is 0.351 e. The van der Waals surface area contributed by atoms with E-state index in [1.807, 2.05) is 5.38 Å². The summed E-state index contributed by atoms with van der Waals surface area (Å²) in [4.78, 5) is 24.8. The van der Waals surface area contributed by atoms with Crippen molar-refractivity contribution in [2.45, 2.75) is 50.7 Å². The molecule has 2 saturated heterocycles. The van der Waals surface area contributed by atoms with Crippen molar-refractivity contribution in [3.63, 3.8) is 0 Å². The van der Waals surface area contributed by atoms with Crippen molar-refractivity contribution in [1.29, 1.82) is 0 Å². The third kappa shape index (κ3) is 3.73. The molecule has 0 bridgehead atoms. The standard InChI is InChI=1S/C17H23N5OS.ClH/c1-11-9-12(4-6-18-11)21-16(23)14-3-2-7-22(14)15-13-5-8-24-17(13)20-10-19-15;/h5,8,10-12,14,18H,2-4,6-7,9H2,1H3,(H,21,23);1H. The molecule has 0 aromatic carbocycles. The van der Waals surface area contributed by atoms with Gasteiger partial charge in [-0.2, -0.15) is 0 Å². The quantitative estimate of drug-likeness (QED) is 0.853. The van der Waals surface area contributed by atoms with Gasteiger partial charge in [-0.1, -0.05) is 0 Å². The average molecular weight is 382 g/mol. The molecule has 3 atom stereocenters. The van der Waals surface area contributed by atoms with Gasteiger partial charge in [0.15, 0.2) is 0 Å². The molecule has 2 fully saturated rings. The Bertz CT molecular complexity index is 739. The van der Waals surface area contributed by atoms with Gasteiger partial charge in [0.2, 0.25) is 5.91 Å². The summed E-state index contributed by atoms with van der Waals surface area (Å²) in [6.07, 6.45) is 5.53. The lowest BCUT2D eigenvalue weighted by molar-refractivity contribution is -0.123. The minimum absolute atomic E-state index is 0. The van der Waals surface area contributed by atoms with E-state index in [1.165, 1.54) is 0 Å². The first-order valence-corrected chi connectivity index (χ1v) is 9.59. The summed E-state index contributed by atoms with van der Waals surface area (Å²) in [5.41, 5.74) is 0. The van der Waals surface area contributed by atoms with E-state index >= 15 is 0 Å². The third-order valence-electron chi connectivity index (χ3n) is 5.04. The van der Waals surface area contributed by atoms with E-state index in [4.69, 9.17) is 0 Å². The third-order valence-corrected chi connectivity index (χ3v) is 5.86. The van der Waals surface area contributed by atoms with Gasteiger partial charge in [-0.25, -0.2) is 9.97 Å². The molecule has 8 heteroatoms. The van der Waals surface area contributed by atoms with E-state index in [0.717, 1.165) is 54.8 Å². The fourth-order valence-corrected chi connectivity index (χ4v) is 4.59. The Morgan fingerprint density at radius 1 is 1.40 bits per heavy atom. The van der Waals surface area contributed by atoms with Crippen LogP contribution >= 0.6 is 23.7 Å². The highest BCUT2D eigenvalue weighted by atomic mass is 35.5. The van der Waals surface area contributed by atoms with Crippen LogP contribution in [-0.4, -0.2) is 47.1 Å². The van der Waals surface area contributed by atoms with Crippen LogP contribution in [0.1, 0.15) is 32.6 Å². The zero-order valence-electron chi connectivity index (χ0n) is 14.3. The summed E-state index contributed by atoms with van der Waals surface area (Å²) in [5.74, 6) is 1.05. The Morgan fingerprint density at radius 2 is 2.28 bits per heavy atom. The van der Waals surface area contributed by atoms with Gasteiger partial charge < -0.3 is 15.5 Å². The molecule has 2 aromatic heterocycles. The molecule has 2 N–H and O–H groups in total. The van der Waals surface area contributed by atoms with E-state index < -0.39 is 0 Å². The smallest absolute Gasteiger partial charge is 0.242 e. The number of halogens is 1. The molecule has 25 heavy (non-hydrogen) atoms. The van der Waals surface area contributed by atoms with Crippen LogP contribution in [0.3, 0.4) is 0 Å². The van der Waals surface area contributed by atoms with Gasteiger partial charge in [0.1, 0.15) is 23.0 Å². The summed E-state index contributed by atoms with van der Waals surface area (Å²) in [5, 5.41) is 9.79. The molecule has 6 nitrogen and oxygen atoms in total. The van der Waals surface area contributed by atoms with Gasteiger partial charge in [0, 0.05) is 18.6 Å². The van der Waals surface area contributed by atoms with E-state index in [9.17, 15) is 4.79 Å². The second-order valence-electron chi connectivity index (χ2n) is 6.77. The predicted molar refractivity (Wildman–Crippen MR) is 104 cm³/mol. The van der Waals surface area contributed by atoms with Gasteiger partial charge in [-0.05, 0) is 50.6 Å². The van der Waals surface area contributed by atoms with Crippen LogP contribution in [0.5, 0.6) is 0 Å². The van der Waals surface area contributed by atoms with Gasteiger partial charge in [0.05, 0.1) is 5.39 Å². The van der Waals surface area contributed by atoms with Crippen LogP contribution in [-0.2, 0) is 4.79 Å². The first-order chi connectivity index (χ1) is 11.7. The number of aromatic nitrogens is 2. The fourth-order valence-electron chi connectivity index (χ4n) is 3.86. The average Bonchev–Trinajstić information content (AvgIpc) is 3.23. The van der Waals surface area contributed by atoms with Gasteiger partial charge in [-0.15, -0.1) is 23.7 Å². The van der Waals surface area contributed by atoms with Crippen molar-refractivity contribution in [3.8, 4) is 0 Å². The second kappa shape index (κ2) is 7.85. The number of hydrogen-bond acceptors (Lipinski definition) is 6. The number of amides is 1. The molecular formula is C17H24ClN5OS. The van der Waals surface area contributed by atoms with Crippen molar-refractivity contribution >= 4 is 45.7 Å². The molecule has 0 radical (unpaired) electrons. The number of nitrogens with zero attached hydrogens (tertiary/aromatic N) is 3. The van der Waals surface area contributed by atoms with E-state index in [-0.39, 0.29) is 30.4 Å². The number of fused-ring (bicyclic) bond motifs is 1. The minimum Gasteiger partial charge on any atom is -0.351 e. The number of carbonyl (C=O) groups is 1. The van der Waals surface area contributed by atoms with E-state index in [1.54, 1.807) is 17.7 Å². The molecule has 3 unspecified atom stereocenters. The Kier molecular flexibility index (Phi) is 5.76. The van der Waals surface area contributed by atoms with Crippen LogP contribution < -0.4 is 15.5 Å². The molecule has 1 amide bonds. The fraction of sp³-hybridized carbons (Fsp3) is 0.588. The number of anilines is 1. The van der Waals surface area contributed by atoms with Crippen molar-refractivity contribution in [2.75, 3.05) is 18.0 Å². The topological polar surface area (TPSA) is 70.2 Å². The normalized spacial score (nSPS) is 26.4. The molecule has 0 aliphatic carbocycles. The number of piperidine rings is 1. The van der Waals surface area contributed by atoms with Crippen LogP contribution in [0.2, 0.25) is 0 Å². The van der Waals surface area contributed by atoms with Gasteiger partial charge in [0.25, 0.3) is 0 Å². The van der Waals surface area contributed by atoms with Gasteiger partial charge in [-0.3, -0.25) is 4.79 Å². The van der Waals surface area contributed by atoms with Crippen molar-refractivity contribution in [3.05, 3.63) is 17.8 Å². The molecule has 4 rings (SSSR count). The summed E-state index contributed by atoms with van der Waals surface area (Å²) in [6, 6.07) is 2.68. The summed E-state index contributed by atoms with van der Waals surface area (Å²) in [6.45, 7) is 4.03. The molecule has 0 spiro atoms. The molecule has 2 aromatic rings. The van der Waals surface area contributed by atoms with Crippen molar-refractivity contribution in [1.82, 2.24) is 20.6 Å². The summed E-state index contributed by atoms with van der Waals surface area (Å²) in [7, 11) is 0. The Morgan fingerprint density at radius 3 is 3.12 bits per heavy atom. The highest BCUT2D eigenvalue weighted by molar-refractivity contribution is 7.16. The first kappa shape index (κ1) is 18.4. The van der Waals surface area contributed by atoms with Crippen LogP contribution in [0.4, 0.5) is 5.82 Å². The molecule has 136 valence electrons. The molecule has 0 saturated carbocycles. The zero-order chi connectivity index (χ0) is 16.5. The van der Waals surface area contributed by atoms with Crippen LogP contribution in [0, 0.1) is 0 Å². The lowest BCUT2D eigenvalue weighted by Crippen LogP contribution is -2.51. The number of nitrogens with one attached hydrogen (secondary N) is 2. The Hall–Kier alpha value is -1.44. The van der Waals surface area contributed by atoms with Crippen LogP contribution in [0.25, 0.3) is 10.2 Å². The molecule has 2 aliphatic heterocycles. The first-order valence-electron chi connectivity index (χ1n) is 8.71. The van der Waals surface area contributed by atoms with Gasteiger partial charge >= 0.3 is 0 Å². The molecular weight excluding hydrogens is 358 g/mol. The number of hydrogen-bond donors (Lipinski definition) is 2. The lowest BCUT2D eigenvalue weighted by atomic mass is 10.00. The monoisotopic (exact) mass is 381 g/mol. The minimum atomic E-state index is -0.117. The van der Waals surface area contributed by atoms with E-state index in [2.05, 4.69) is 38.5 Å². The highest BCUT2D eigenvalue weighted by Crippen LogP contribution is 2.31. The van der Waals surface area contributed by atoms with Crippen molar-refractivity contribution in [2.24, 2.45) is 0 Å². The summed E-state index contributed by atoms with van der Waals surface area (Å²) < 4.78 is 0. The number of thiophene rings is 1. The molecule has 4 heterocycles. The Labute approximate surface area is 157 Å². The number of rotatable bonds is 3. The second-order valence-corrected chi connectivity index (χ2v) is 7.67. The highest BCUT2D eigenvalue weighted by Gasteiger charge is 2.34. The predicted octanol–water partition coefficient (Wildman–Crippen LogP) is 2.34. The zero-order valence-corrected chi connectivity index (χ0v) is 15.9. The molecule has 2 aliphatic rings. The number of carbonyl (C=O) groups excluding carboxylic acids is 1. The maximum absolute atomic E-state index is 12.9. The van der Waals surface area contributed by atoms with Crippen LogP contribution in [0.15, 0.2) is 17.8 Å². The lowest BCUT2D eigenvalue weighted by Gasteiger charge is -2.31. The summed E-state index contributed by atoms with van der Waals surface area (Å²) >= 11 is 1.61. The SMILES string of the molecule is CC1CC(NC(=O)C2CCCN2c2ncnc3sccc23)CCN1.Cl. The van der Waals surface area contributed by atoms with E-state index in [0.29, 0.717) is 6.04 Å². The Balaban J connectivity index is 0.00000182. The maximum atomic E-state index is 12.9. The maximum Gasteiger partial charge on any atom is 0.242 e.